The summed E-state index contributed by atoms with van der Waals surface area (Å²) in [5, 5.41) is 0. The van der Waals surface area contributed by atoms with Crippen molar-refractivity contribution in [3.63, 3.8) is 0 Å². The molecule has 0 spiro atoms. The van der Waals surface area contributed by atoms with E-state index in [2.05, 4.69) is 0 Å². The van der Waals surface area contributed by atoms with E-state index >= 15 is 0 Å². The molecule has 2 aromatic carbocycles. The predicted molar refractivity (Wildman–Crippen MR) is 114 cm³/mol. The Morgan fingerprint density at radius 1 is 1.00 bits per heavy atom. The molecule has 0 aliphatic carbocycles. The molecule has 0 saturated carbocycles. The monoisotopic (exact) mass is 460 g/mol. The van der Waals surface area contributed by atoms with Gasteiger partial charge in [-0.15, -0.1) is 0 Å². The molecule has 1 unspecified atom stereocenters. The van der Waals surface area contributed by atoms with Crippen LogP contribution in [0.25, 0.3) is 0 Å². The molecule has 0 radical (unpaired) electrons. The number of carbonyl (C=O) groups excluding carboxylic acids is 2. The lowest BCUT2D eigenvalue weighted by molar-refractivity contribution is -0.142. The average molecular weight is 461 g/mol. The predicted octanol–water partition coefficient (Wildman–Crippen LogP) is 1.32. The van der Waals surface area contributed by atoms with Gasteiger partial charge in [-0.3, -0.25) is 4.79 Å². The van der Waals surface area contributed by atoms with Crippen LogP contribution in [0.2, 0.25) is 0 Å². The Kier molecular flexibility index (Phi) is 6.07. The van der Waals surface area contributed by atoms with Gasteiger partial charge in [0.2, 0.25) is 10.0 Å². The van der Waals surface area contributed by atoms with Crippen LogP contribution in [0.3, 0.4) is 0 Å². The fourth-order valence-electron chi connectivity index (χ4n) is 3.95. The summed E-state index contributed by atoms with van der Waals surface area (Å²) < 4.78 is 43.2. The molecule has 2 heterocycles. The summed E-state index contributed by atoms with van der Waals surface area (Å²) >= 11 is 0. The number of amides is 1. The van der Waals surface area contributed by atoms with Crippen molar-refractivity contribution in [2.75, 3.05) is 40.4 Å². The Balaban J connectivity index is 1.43. The van der Waals surface area contributed by atoms with Gasteiger partial charge in [-0.25, -0.2) is 13.2 Å². The first-order valence-corrected chi connectivity index (χ1v) is 11.6. The summed E-state index contributed by atoms with van der Waals surface area (Å²) in [5.74, 6) is -0.0665. The minimum Gasteiger partial charge on any atom is -0.493 e. The molecule has 2 aliphatic rings. The molecule has 2 aliphatic heterocycles. The highest BCUT2D eigenvalue weighted by Gasteiger charge is 2.37. The van der Waals surface area contributed by atoms with Crippen molar-refractivity contribution in [1.29, 1.82) is 0 Å². The Morgan fingerprint density at radius 3 is 2.38 bits per heavy atom. The van der Waals surface area contributed by atoms with Gasteiger partial charge in [0.1, 0.15) is 0 Å². The molecule has 0 aromatic heterocycles. The maximum absolute atomic E-state index is 13.1. The summed E-state index contributed by atoms with van der Waals surface area (Å²) in [7, 11) is -0.852. The largest absolute Gasteiger partial charge is 0.493 e. The lowest BCUT2D eigenvalue weighted by Crippen LogP contribution is -2.54. The lowest BCUT2D eigenvalue weighted by atomic mass is 9.98. The molecule has 4 rings (SSSR count). The van der Waals surface area contributed by atoms with Gasteiger partial charge in [-0.2, -0.15) is 4.31 Å². The second-order valence-electron chi connectivity index (χ2n) is 7.50. The highest BCUT2D eigenvalue weighted by Crippen LogP contribution is 2.31. The zero-order chi connectivity index (χ0) is 22.9. The first-order chi connectivity index (χ1) is 15.3. The van der Waals surface area contributed by atoms with Crippen LogP contribution in [0.5, 0.6) is 11.5 Å². The van der Waals surface area contributed by atoms with Crippen molar-refractivity contribution in [2.45, 2.75) is 17.4 Å². The Labute approximate surface area is 186 Å². The molecule has 170 valence electrons. The van der Waals surface area contributed by atoms with Crippen molar-refractivity contribution in [1.82, 2.24) is 9.21 Å². The number of rotatable bonds is 5. The van der Waals surface area contributed by atoms with Crippen molar-refractivity contribution in [3.8, 4) is 11.5 Å². The molecular weight excluding hydrogens is 436 g/mol. The molecule has 10 heteroatoms. The Hall–Kier alpha value is -3.11. The molecule has 1 saturated heterocycles. The zero-order valence-electron chi connectivity index (χ0n) is 17.8. The van der Waals surface area contributed by atoms with E-state index in [0.717, 1.165) is 5.56 Å². The fraction of sp³-hybridized carbons (Fsp3) is 0.364. The van der Waals surface area contributed by atoms with Gasteiger partial charge < -0.3 is 19.1 Å². The number of nitrogens with zero attached hydrogens (tertiary/aromatic N) is 2. The van der Waals surface area contributed by atoms with Crippen LogP contribution in [-0.4, -0.2) is 76.0 Å². The number of piperazine rings is 1. The SMILES string of the molecule is COc1ccc(S(=O)(=O)N2CCN(C(=O)C3Cc4ccccc4C(=O)O3)CC2)cc1OC. The molecule has 1 atom stereocenters. The van der Waals surface area contributed by atoms with Crippen LogP contribution in [0.4, 0.5) is 0 Å². The maximum Gasteiger partial charge on any atom is 0.339 e. The highest BCUT2D eigenvalue weighted by molar-refractivity contribution is 7.89. The van der Waals surface area contributed by atoms with Crippen molar-refractivity contribution >= 4 is 21.9 Å². The van der Waals surface area contributed by atoms with E-state index in [1.807, 2.05) is 12.1 Å². The van der Waals surface area contributed by atoms with Crippen LogP contribution in [0.15, 0.2) is 47.4 Å². The number of sulfonamides is 1. The Bertz CT molecular complexity index is 1140. The maximum atomic E-state index is 13.1. The molecular formula is C22H24N2O7S. The van der Waals surface area contributed by atoms with E-state index < -0.39 is 22.1 Å². The van der Waals surface area contributed by atoms with Gasteiger partial charge in [0.15, 0.2) is 17.6 Å². The lowest BCUT2D eigenvalue weighted by Gasteiger charge is -2.36. The number of hydrogen-bond acceptors (Lipinski definition) is 7. The summed E-state index contributed by atoms with van der Waals surface area (Å²) in [4.78, 5) is 26.8. The smallest absolute Gasteiger partial charge is 0.339 e. The molecule has 9 nitrogen and oxygen atoms in total. The fourth-order valence-corrected chi connectivity index (χ4v) is 5.39. The second kappa shape index (κ2) is 8.79. The summed E-state index contributed by atoms with van der Waals surface area (Å²) in [6.07, 6.45) is -0.586. The number of methoxy groups -OCH3 is 2. The molecule has 1 fully saturated rings. The molecule has 0 bridgehead atoms. The van der Waals surface area contributed by atoms with Gasteiger partial charge in [-0.1, -0.05) is 18.2 Å². The number of benzene rings is 2. The van der Waals surface area contributed by atoms with Gasteiger partial charge in [-0.05, 0) is 23.8 Å². The molecule has 2 aromatic rings. The van der Waals surface area contributed by atoms with Gasteiger partial charge in [0.05, 0.1) is 24.7 Å². The van der Waals surface area contributed by atoms with E-state index in [1.165, 1.54) is 30.7 Å². The molecule has 0 N–H and O–H groups in total. The van der Waals surface area contributed by atoms with Gasteiger partial charge in [0, 0.05) is 38.7 Å². The van der Waals surface area contributed by atoms with Gasteiger partial charge >= 0.3 is 5.97 Å². The van der Waals surface area contributed by atoms with Crippen molar-refractivity contribution < 1.29 is 32.2 Å². The topological polar surface area (TPSA) is 102 Å². The minimum atomic E-state index is -3.77. The van der Waals surface area contributed by atoms with E-state index in [4.69, 9.17) is 14.2 Å². The number of ether oxygens (including phenoxy) is 3. The second-order valence-corrected chi connectivity index (χ2v) is 9.44. The minimum absolute atomic E-state index is 0.0905. The molecule has 1 amide bonds. The summed E-state index contributed by atoms with van der Waals surface area (Å²) in [6.45, 7) is 0.696. The standard InChI is InChI=1S/C22H24N2O7S/c1-29-18-8-7-16(14-19(18)30-2)32(27,28)24-11-9-23(10-12-24)21(25)20-13-15-5-3-4-6-17(15)22(26)31-20/h3-8,14,20H,9-13H2,1-2H3. The third kappa shape index (κ3) is 4.03. The normalized spacial score (nSPS) is 19.1. The molecule has 32 heavy (non-hydrogen) atoms. The van der Waals surface area contributed by atoms with E-state index in [9.17, 15) is 18.0 Å². The number of esters is 1. The first-order valence-electron chi connectivity index (χ1n) is 10.1. The van der Waals surface area contributed by atoms with E-state index in [-0.39, 0.29) is 37.0 Å². The summed E-state index contributed by atoms with van der Waals surface area (Å²) in [5.41, 5.74) is 1.25. The van der Waals surface area contributed by atoms with Crippen molar-refractivity contribution in [2.24, 2.45) is 0 Å². The highest BCUT2D eigenvalue weighted by atomic mass is 32.2. The van der Waals surface area contributed by atoms with Crippen LogP contribution < -0.4 is 9.47 Å². The zero-order valence-corrected chi connectivity index (χ0v) is 18.6. The van der Waals surface area contributed by atoms with Crippen LogP contribution >= 0.6 is 0 Å². The number of cyclic esters (lactones) is 1. The average Bonchev–Trinajstić information content (AvgIpc) is 2.83. The van der Waals surface area contributed by atoms with Crippen LogP contribution in [0, 0.1) is 0 Å². The van der Waals surface area contributed by atoms with E-state index in [1.54, 1.807) is 23.1 Å². The first kappa shape index (κ1) is 22.1. The quantitative estimate of drug-likeness (QED) is 0.620. The van der Waals surface area contributed by atoms with E-state index in [0.29, 0.717) is 23.5 Å². The van der Waals surface area contributed by atoms with Crippen molar-refractivity contribution in [3.05, 3.63) is 53.6 Å². The number of hydrogen-bond donors (Lipinski definition) is 0. The van der Waals surface area contributed by atoms with Crippen LogP contribution in [-0.2, 0) is 26.0 Å². The number of carbonyl (C=O) groups is 2. The van der Waals surface area contributed by atoms with Crippen LogP contribution in [0.1, 0.15) is 15.9 Å². The third-order valence-corrected chi connectivity index (χ3v) is 7.61. The summed E-state index contributed by atoms with van der Waals surface area (Å²) in [6, 6.07) is 11.5. The van der Waals surface area contributed by atoms with Gasteiger partial charge in [0.25, 0.3) is 5.91 Å². The third-order valence-electron chi connectivity index (χ3n) is 5.71. The Morgan fingerprint density at radius 2 is 1.69 bits per heavy atom. The number of fused-ring (bicyclic) bond motifs is 1.